The largest absolute Gasteiger partial charge is 0.493 e. The Bertz CT molecular complexity index is 893. The van der Waals surface area contributed by atoms with Gasteiger partial charge in [-0.1, -0.05) is 36.4 Å². The molecular formula is C25H31F3N2O2. The number of rotatable bonds is 8. The number of carbonyl (C=O) groups is 1. The molecule has 0 bridgehead atoms. The van der Waals surface area contributed by atoms with E-state index < -0.39 is 11.7 Å². The van der Waals surface area contributed by atoms with Gasteiger partial charge in [0.1, 0.15) is 5.75 Å². The summed E-state index contributed by atoms with van der Waals surface area (Å²) in [4.78, 5) is 16.5. The van der Waals surface area contributed by atoms with Crippen molar-refractivity contribution in [2.45, 2.75) is 51.4 Å². The molecule has 1 heterocycles. The molecule has 3 rings (SSSR count). The summed E-state index contributed by atoms with van der Waals surface area (Å²) in [6.45, 7) is 4.31. The number of likely N-dealkylation sites (tertiary alicyclic amines) is 1. The predicted octanol–water partition coefficient (Wildman–Crippen LogP) is 5.30. The number of hydrogen-bond donors (Lipinski definition) is 0. The summed E-state index contributed by atoms with van der Waals surface area (Å²) in [6.07, 6.45) is -1.56. The highest BCUT2D eigenvalue weighted by Gasteiger charge is 2.31. The lowest BCUT2D eigenvalue weighted by molar-refractivity contribution is -0.137. The third-order valence-corrected chi connectivity index (χ3v) is 6.01. The molecule has 0 spiro atoms. The Kier molecular flexibility index (Phi) is 8.18. The Balaban J connectivity index is 1.39. The SMILES string of the molecule is Cc1ccccc1OCCCC(=O)N1CCC(N(C)Cc2cccc(C(F)(F)F)c2)CC1. The van der Waals surface area contributed by atoms with Gasteiger partial charge in [-0.15, -0.1) is 0 Å². The summed E-state index contributed by atoms with van der Waals surface area (Å²) in [6, 6.07) is 13.6. The third kappa shape index (κ3) is 6.73. The summed E-state index contributed by atoms with van der Waals surface area (Å²) in [7, 11) is 1.94. The molecule has 0 radical (unpaired) electrons. The van der Waals surface area contributed by atoms with E-state index in [1.807, 2.05) is 43.1 Å². The highest BCUT2D eigenvalue weighted by molar-refractivity contribution is 5.76. The lowest BCUT2D eigenvalue weighted by atomic mass is 10.0. The predicted molar refractivity (Wildman–Crippen MR) is 118 cm³/mol. The second-order valence-electron chi connectivity index (χ2n) is 8.44. The number of amides is 1. The molecule has 0 unspecified atom stereocenters. The number of halogens is 3. The molecule has 174 valence electrons. The topological polar surface area (TPSA) is 32.8 Å². The van der Waals surface area contributed by atoms with Crippen LogP contribution in [0.2, 0.25) is 0 Å². The Labute approximate surface area is 188 Å². The van der Waals surface area contributed by atoms with Gasteiger partial charge < -0.3 is 9.64 Å². The number of alkyl halides is 3. The minimum absolute atomic E-state index is 0.136. The van der Waals surface area contributed by atoms with Crippen molar-refractivity contribution in [1.82, 2.24) is 9.80 Å². The first-order valence-corrected chi connectivity index (χ1v) is 11.1. The Morgan fingerprint density at radius 2 is 1.84 bits per heavy atom. The van der Waals surface area contributed by atoms with Gasteiger partial charge in [0, 0.05) is 32.1 Å². The summed E-state index contributed by atoms with van der Waals surface area (Å²) in [5, 5.41) is 0. The van der Waals surface area contributed by atoms with Crippen LogP contribution < -0.4 is 4.74 Å². The van der Waals surface area contributed by atoms with Gasteiger partial charge >= 0.3 is 6.18 Å². The molecule has 2 aromatic carbocycles. The van der Waals surface area contributed by atoms with Gasteiger partial charge in [0.2, 0.25) is 5.91 Å². The standard InChI is InChI=1S/C25H31F3N2O2/c1-19-7-3-4-10-23(19)32-16-6-11-24(31)30-14-12-22(13-15-30)29(2)18-20-8-5-9-21(17-20)25(26,27)28/h3-5,7-10,17,22H,6,11-16,18H2,1-2H3. The number of benzene rings is 2. The van der Waals surface area contributed by atoms with Crippen LogP contribution in [0, 0.1) is 6.92 Å². The second kappa shape index (κ2) is 10.9. The summed E-state index contributed by atoms with van der Waals surface area (Å²) < 4.78 is 44.6. The Morgan fingerprint density at radius 1 is 1.12 bits per heavy atom. The van der Waals surface area contributed by atoms with Crippen LogP contribution in [0.3, 0.4) is 0 Å². The van der Waals surface area contributed by atoms with E-state index in [9.17, 15) is 18.0 Å². The smallest absolute Gasteiger partial charge is 0.416 e. The van der Waals surface area contributed by atoms with Crippen molar-refractivity contribution in [3.8, 4) is 5.75 Å². The maximum Gasteiger partial charge on any atom is 0.416 e. The number of para-hydroxylation sites is 1. The number of carbonyl (C=O) groups excluding carboxylic acids is 1. The van der Waals surface area contributed by atoms with Gasteiger partial charge in [-0.3, -0.25) is 9.69 Å². The van der Waals surface area contributed by atoms with Crippen LogP contribution in [0.25, 0.3) is 0 Å². The molecule has 0 aromatic heterocycles. The van der Waals surface area contributed by atoms with Gasteiger partial charge in [-0.05, 0) is 56.5 Å². The Morgan fingerprint density at radius 3 is 2.53 bits per heavy atom. The van der Waals surface area contributed by atoms with E-state index in [1.165, 1.54) is 12.1 Å². The molecule has 7 heteroatoms. The van der Waals surface area contributed by atoms with Crippen molar-refractivity contribution in [2.24, 2.45) is 0 Å². The average Bonchev–Trinajstić information content (AvgIpc) is 2.77. The van der Waals surface area contributed by atoms with E-state index in [0.29, 0.717) is 44.6 Å². The zero-order valence-corrected chi connectivity index (χ0v) is 18.7. The minimum atomic E-state index is -4.33. The maximum atomic E-state index is 12.9. The van der Waals surface area contributed by atoms with Crippen molar-refractivity contribution >= 4 is 5.91 Å². The number of ether oxygens (including phenoxy) is 1. The third-order valence-electron chi connectivity index (χ3n) is 6.01. The van der Waals surface area contributed by atoms with E-state index in [0.717, 1.165) is 30.2 Å². The van der Waals surface area contributed by atoms with E-state index in [4.69, 9.17) is 4.74 Å². The first-order valence-electron chi connectivity index (χ1n) is 11.1. The first kappa shape index (κ1) is 24.1. The number of aryl methyl sites for hydroxylation is 1. The second-order valence-corrected chi connectivity index (χ2v) is 8.44. The maximum absolute atomic E-state index is 12.9. The number of piperidine rings is 1. The summed E-state index contributed by atoms with van der Waals surface area (Å²) in [5.74, 6) is 0.988. The van der Waals surface area contributed by atoms with Gasteiger partial charge in [-0.25, -0.2) is 0 Å². The van der Waals surface area contributed by atoms with E-state index >= 15 is 0 Å². The molecule has 32 heavy (non-hydrogen) atoms. The number of nitrogens with zero attached hydrogens (tertiary/aromatic N) is 2. The first-order chi connectivity index (χ1) is 15.2. The van der Waals surface area contributed by atoms with E-state index in [1.54, 1.807) is 6.07 Å². The fraction of sp³-hybridized carbons (Fsp3) is 0.480. The normalized spacial score (nSPS) is 15.2. The summed E-state index contributed by atoms with van der Waals surface area (Å²) in [5.41, 5.74) is 1.11. The van der Waals surface area contributed by atoms with Gasteiger partial charge in [0.25, 0.3) is 0 Å². The lowest BCUT2D eigenvalue weighted by Gasteiger charge is -2.37. The van der Waals surface area contributed by atoms with Gasteiger partial charge in [0.15, 0.2) is 0 Å². The average molecular weight is 449 g/mol. The van der Waals surface area contributed by atoms with Crippen LogP contribution >= 0.6 is 0 Å². The fourth-order valence-corrected chi connectivity index (χ4v) is 4.10. The van der Waals surface area contributed by atoms with Crippen molar-refractivity contribution in [2.75, 3.05) is 26.7 Å². The molecule has 0 aliphatic carbocycles. The van der Waals surface area contributed by atoms with Crippen molar-refractivity contribution < 1.29 is 22.7 Å². The molecule has 1 fully saturated rings. The number of hydrogen-bond acceptors (Lipinski definition) is 3. The minimum Gasteiger partial charge on any atom is -0.493 e. The van der Waals surface area contributed by atoms with Crippen LogP contribution in [0.1, 0.15) is 42.4 Å². The molecule has 0 saturated carbocycles. The molecular weight excluding hydrogens is 417 g/mol. The van der Waals surface area contributed by atoms with Crippen molar-refractivity contribution in [3.63, 3.8) is 0 Å². The van der Waals surface area contributed by atoms with Crippen LogP contribution in [-0.4, -0.2) is 48.5 Å². The molecule has 1 aliphatic rings. The van der Waals surface area contributed by atoms with Crippen LogP contribution in [-0.2, 0) is 17.5 Å². The van der Waals surface area contributed by atoms with E-state index in [-0.39, 0.29) is 11.9 Å². The molecule has 2 aromatic rings. The zero-order chi connectivity index (χ0) is 23.1. The summed E-state index contributed by atoms with van der Waals surface area (Å²) >= 11 is 0. The van der Waals surface area contributed by atoms with Crippen molar-refractivity contribution in [3.05, 3.63) is 65.2 Å². The van der Waals surface area contributed by atoms with Gasteiger partial charge in [-0.2, -0.15) is 13.2 Å². The fourth-order valence-electron chi connectivity index (χ4n) is 4.10. The lowest BCUT2D eigenvalue weighted by Crippen LogP contribution is -2.45. The monoisotopic (exact) mass is 448 g/mol. The molecule has 1 saturated heterocycles. The van der Waals surface area contributed by atoms with Gasteiger partial charge in [0.05, 0.1) is 12.2 Å². The van der Waals surface area contributed by atoms with Crippen molar-refractivity contribution in [1.29, 1.82) is 0 Å². The van der Waals surface area contributed by atoms with Crippen LogP contribution in [0.5, 0.6) is 5.75 Å². The molecule has 1 aliphatic heterocycles. The molecule has 0 atom stereocenters. The molecule has 0 N–H and O–H groups in total. The van der Waals surface area contributed by atoms with Crippen LogP contribution in [0.4, 0.5) is 13.2 Å². The molecule has 4 nitrogen and oxygen atoms in total. The molecule has 1 amide bonds. The van der Waals surface area contributed by atoms with E-state index in [2.05, 4.69) is 4.90 Å². The Hall–Kier alpha value is -2.54. The van der Waals surface area contributed by atoms with Crippen LogP contribution in [0.15, 0.2) is 48.5 Å². The quantitative estimate of drug-likeness (QED) is 0.514. The zero-order valence-electron chi connectivity index (χ0n) is 18.7. The highest BCUT2D eigenvalue weighted by atomic mass is 19.4. The highest BCUT2D eigenvalue weighted by Crippen LogP contribution is 2.30.